The Balaban J connectivity index is 0.000000200. The number of ether oxygens (including phenoxy) is 2. The Kier molecular flexibility index (Phi) is 19.1. The van der Waals surface area contributed by atoms with E-state index in [1.165, 1.54) is 53.9 Å². The number of likely N-dealkylation sites (N-methyl/N-ethyl adjacent to an activating group) is 2. The minimum atomic E-state index is -1.79. The lowest BCUT2D eigenvalue weighted by atomic mass is 10.3. The summed E-state index contributed by atoms with van der Waals surface area (Å²) in [5.74, 6) is -4.05. The summed E-state index contributed by atoms with van der Waals surface area (Å²) in [5, 5.41) is 41.3. The lowest BCUT2D eigenvalue weighted by molar-refractivity contribution is -0.152. The second-order valence-electron chi connectivity index (χ2n) is 15.6. The zero-order valence-electron chi connectivity index (χ0n) is 37.7. The Morgan fingerprint density at radius 1 is 0.600 bits per heavy atom. The highest BCUT2D eigenvalue weighted by Gasteiger charge is 2.46. The van der Waals surface area contributed by atoms with Crippen molar-refractivity contribution in [1.82, 2.24) is 49.5 Å². The topological polar surface area (TPSA) is 336 Å². The third-order valence-corrected chi connectivity index (χ3v) is 10.7. The van der Waals surface area contributed by atoms with E-state index in [4.69, 9.17) is 58.2 Å². The number of aliphatic carboxylic acids is 3. The molecule has 0 aliphatic carbocycles. The van der Waals surface area contributed by atoms with E-state index >= 15 is 0 Å². The van der Waals surface area contributed by atoms with Crippen molar-refractivity contribution in [1.29, 1.82) is 0 Å². The van der Waals surface area contributed by atoms with Crippen molar-refractivity contribution in [2.45, 2.75) is 44.4 Å². The smallest absolute Gasteiger partial charge is 0.412 e. The molecule has 0 bridgehead atoms. The van der Waals surface area contributed by atoms with Crippen molar-refractivity contribution in [3.05, 3.63) is 94.3 Å². The van der Waals surface area contributed by atoms with Gasteiger partial charge in [-0.05, 0) is 45.3 Å². The van der Waals surface area contributed by atoms with E-state index in [0.29, 0.717) is 59.2 Å². The lowest BCUT2D eigenvalue weighted by Gasteiger charge is -2.33. The molecule has 70 heavy (non-hydrogen) atoms. The van der Waals surface area contributed by atoms with Crippen LogP contribution >= 0.6 is 23.2 Å². The maximum absolute atomic E-state index is 12.8. The largest absolute Gasteiger partial charge is 0.481 e. The van der Waals surface area contributed by atoms with Crippen molar-refractivity contribution >= 4 is 76.7 Å². The highest BCUT2D eigenvalue weighted by atomic mass is 35.5. The molecule has 0 saturated carbocycles. The number of amides is 4. The lowest BCUT2D eigenvalue weighted by Crippen LogP contribution is -2.48. The number of hydrogen-bond acceptors (Lipinski definition) is 19. The van der Waals surface area contributed by atoms with Gasteiger partial charge in [0.2, 0.25) is 12.5 Å². The van der Waals surface area contributed by atoms with E-state index in [0.717, 1.165) is 26.2 Å². The third kappa shape index (κ3) is 14.4. The molecule has 4 atom stereocenters. The Labute approximate surface area is 408 Å². The maximum Gasteiger partial charge on any atom is 0.412 e. The van der Waals surface area contributed by atoms with Gasteiger partial charge in [-0.3, -0.25) is 29.1 Å². The summed E-state index contributed by atoms with van der Waals surface area (Å²) in [6, 6.07) is 6.40. The van der Waals surface area contributed by atoms with Gasteiger partial charge in [-0.25, -0.2) is 44.1 Å². The first-order chi connectivity index (χ1) is 33.2. The van der Waals surface area contributed by atoms with Crippen LogP contribution in [0.25, 0.3) is 0 Å². The molecule has 4 aromatic rings. The van der Waals surface area contributed by atoms with Crippen LogP contribution in [0.1, 0.15) is 64.6 Å². The Hall–Kier alpha value is -7.23. The molecule has 4 aromatic heterocycles. The zero-order valence-corrected chi connectivity index (χ0v) is 39.2. The Bertz CT molecular complexity index is 2350. The fourth-order valence-electron chi connectivity index (χ4n) is 6.58. The molecule has 26 nitrogen and oxygen atoms in total. The van der Waals surface area contributed by atoms with E-state index in [-0.39, 0.29) is 17.8 Å². The van der Waals surface area contributed by atoms with Crippen LogP contribution in [0.2, 0.25) is 10.0 Å². The molecule has 4 amide bonds. The predicted molar refractivity (Wildman–Crippen MR) is 243 cm³/mol. The molecule has 28 heteroatoms. The van der Waals surface area contributed by atoms with Gasteiger partial charge in [0.25, 0.3) is 11.8 Å². The number of hydrogen-bond donors (Lipinski definition) is 5. The van der Waals surface area contributed by atoms with Crippen LogP contribution in [0, 0.1) is 0 Å². The molecular formula is C42H48Cl2N12O14. The number of anilines is 2. The first kappa shape index (κ1) is 53.7. The molecule has 2 saturated heterocycles. The van der Waals surface area contributed by atoms with E-state index in [2.05, 4.69) is 39.7 Å². The Morgan fingerprint density at radius 3 is 1.26 bits per heavy atom. The molecule has 374 valence electrons. The van der Waals surface area contributed by atoms with Crippen molar-refractivity contribution in [2.75, 3.05) is 76.3 Å². The number of carbonyl (C=O) groups is 7. The number of carboxylic acids is 3. The molecule has 0 aromatic carbocycles. The van der Waals surface area contributed by atoms with Crippen molar-refractivity contribution in [2.24, 2.45) is 0 Å². The van der Waals surface area contributed by atoms with Crippen LogP contribution in [0.3, 0.4) is 0 Å². The van der Waals surface area contributed by atoms with E-state index < -0.39 is 73.0 Å². The summed E-state index contributed by atoms with van der Waals surface area (Å²) >= 11 is 11.8. The van der Waals surface area contributed by atoms with Gasteiger partial charge in [-0.2, -0.15) is 0 Å². The molecule has 8 rings (SSSR count). The standard InChI is InChI=1S/2C17H17ClN6O3.C4H6O5.C4H8O3/c2*1-22-6-8-23(9-7-22)17(26)27-16-14-13(19-4-5-20-14)15(25)24(16)12-3-2-11(18)10-21-12;5-2(4(8)9)1-3(6)7;1-3(5)2-4(6)7/h2*2-5,10,16H,6-9H2,1H3;2,5H,1H2,(H,6,7)(H,8,9);3,5H,2H2,1H3,(H,6,7)/t2*16-;2-;3-/m0001/s1. The van der Waals surface area contributed by atoms with E-state index in [9.17, 15) is 33.6 Å². The second kappa shape index (κ2) is 24.9. The van der Waals surface area contributed by atoms with Gasteiger partial charge in [-0.1, -0.05) is 23.2 Å². The number of fused-ring (bicyclic) bond motifs is 2. The average molecular weight is 1020 g/mol. The highest BCUT2D eigenvalue weighted by Crippen LogP contribution is 2.37. The molecule has 2 fully saturated rings. The number of aliphatic hydroxyl groups excluding tert-OH is 2. The first-order valence-electron chi connectivity index (χ1n) is 21.1. The van der Waals surface area contributed by atoms with Crippen molar-refractivity contribution in [3.8, 4) is 0 Å². The van der Waals surface area contributed by atoms with Gasteiger partial charge in [0.1, 0.15) is 23.0 Å². The molecule has 4 aliphatic rings. The summed E-state index contributed by atoms with van der Waals surface area (Å²) < 4.78 is 11.4. The summed E-state index contributed by atoms with van der Waals surface area (Å²) in [6.07, 6.45) is 2.13. The number of pyridine rings is 2. The number of nitrogens with zero attached hydrogens (tertiary/aromatic N) is 12. The predicted octanol–water partition coefficient (Wildman–Crippen LogP) is 1.88. The first-order valence-corrected chi connectivity index (χ1v) is 21.8. The number of halogens is 2. The third-order valence-electron chi connectivity index (χ3n) is 10.2. The Morgan fingerprint density at radius 2 is 0.971 bits per heavy atom. The van der Waals surface area contributed by atoms with Crippen LogP contribution in [0.15, 0.2) is 61.4 Å². The summed E-state index contributed by atoms with van der Waals surface area (Å²) in [6.45, 7) is 6.72. The summed E-state index contributed by atoms with van der Waals surface area (Å²) in [5.41, 5.74) is 0.874. The molecule has 4 aliphatic heterocycles. The zero-order chi connectivity index (χ0) is 51.2. The minimum absolute atomic E-state index is 0.144. The second-order valence-corrected chi connectivity index (χ2v) is 16.4. The van der Waals surface area contributed by atoms with Crippen molar-refractivity contribution < 1.29 is 68.6 Å². The summed E-state index contributed by atoms with van der Waals surface area (Å²) in [4.78, 5) is 115. The van der Waals surface area contributed by atoms with Gasteiger partial charge in [0.15, 0.2) is 17.5 Å². The van der Waals surface area contributed by atoms with E-state index in [1.54, 1.807) is 34.1 Å². The quantitative estimate of drug-likeness (QED) is 0.160. The number of aliphatic hydroxyl groups is 2. The molecular weight excluding hydrogens is 967 g/mol. The summed E-state index contributed by atoms with van der Waals surface area (Å²) in [7, 11) is 4.00. The molecule has 0 unspecified atom stereocenters. The number of rotatable bonds is 9. The van der Waals surface area contributed by atoms with Crippen LogP contribution in [0.5, 0.6) is 0 Å². The number of carboxylic acid groups (broad SMARTS) is 3. The van der Waals surface area contributed by atoms with Gasteiger partial charge in [-0.15, -0.1) is 0 Å². The number of piperazine rings is 2. The fraction of sp³-hybridized carbons (Fsp3) is 0.405. The van der Waals surface area contributed by atoms with Gasteiger partial charge < -0.3 is 54.6 Å². The van der Waals surface area contributed by atoms with E-state index in [1.807, 2.05) is 14.1 Å². The SMILES string of the molecule is CN1CCN(C(=O)O[C@H]2c3nccnc3C(=O)N2c2ccc(Cl)cn2)CC1.CN1CCN(C(=O)O[C@H]2c3nccnc3C(=O)N2c2ccc(Cl)cn2)CC1.C[C@@H](O)CC(=O)O.O=C(O)C[C@H](O)C(=O)O. The fourth-order valence-corrected chi connectivity index (χ4v) is 6.81. The van der Waals surface area contributed by atoms with Gasteiger partial charge in [0, 0.05) is 89.5 Å². The van der Waals surface area contributed by atoms with Crippen LogP contribution in [-0.2, 0) is 23.9 Å². The van der Waals surface area contributed by atoms with Crippen LogP contribution in [-0.4, -0.2) is 196 Å². The molecule has 8 heterocycles. The number of carbonyl (C=O) groups excluding carboxylic acids is 4. The van der Waals surface area contributed by atoms with Gasteiger partial charge >= 0.3 is 30.1 Å². The van der Waals surface area contributed by atoms with Crippen LogP contribution < -0.4 is 9.80 Å². The number of aromatic nitrogens is 6. The van der Waals surface area contributed by atoms with Crippen LogP contribution in [0.4, 0.5) is 21.2 Å². The van der Waals surface area contributed by atoms with Gasteiger partial charge in [0.05, 0.1) is 29.0 Å². The monoisotopic (exact) mass is 1010 g/mol. The minimum Gasteiger partial charge on any atom is -0.481 e. The van der Waals surface area contributed by atoms with Crippen molar-refractivity contribution in [3.63, 3.8) is 0 Å². The normalized spacial score (nSPS) is 18.3. The highest BCUT2D eigenvalue weighted by molar-refractivity contribution is 6.30. The molecule has 0 radical (unpaired) electrons. The molecule has 0 spiro atoms. The molecule has 5 N–H and O–H groups in total. The average Bonchev–Trinajstić information content (AvgIpc) is 3.75. The maximum atomic E-state index is 12.8.